The predicted molar refractivity (Wildman–Crippen MR) is 57.8 cm³/mol. The summed E-state index contributed by atoms with van der Waals surface area (Å²) >= 11 is 0. The predicted octanol–water partition coefficient (Wildman–Crippen LogP) is 0.987. The number of nitrogens with two attached hydrogens (primary N) is 1. The number of methoxy groups -OCH3 is 2. The smallest absolute Gasteiger partial charge is 0.246 e. The van der Waals surface area contributed by atoms with Crippen LogP contribution in [0.3, 0.4) is 0 Å². The van der Waals surface area contributed by atoms with E-state index < -0.39 is 11.6 Å². The molecule has 1 aromatic rings. The van der Waals surface area contributed by atoms with Crippen molar-refractivity contribution in [2.45, 2.75) is 31.9 Å². The number of ether oxygens (including phenoxy) is 2. The first-order valence-electron chi connectivity index (χ1n) is 5.21. The summed E-state index contributed by atoms with van der Waals surface area (Å²) in [6.07, 6.45) is 0.752. The molecule has 1 aromatic heterocycles. The van der Waals surface area contributed by atoms with Gasteiger partial charge in [-0.1, -0.05) is 12.1 Å². The molecule has 1 heterocycles. The van der Waals surface area contributed by atoms with Crippen LogP contribution in [0.2, 0.25) is 0 Å². The molecule has 0 aliphatic carbocycles. The molecule has 6 heteroatoms. The third kappa shape index (κ3) is 2.58. The second-order valence-electron chi connectivity index (χ2n) is 3.81. The van der Waals surface area contributed by atoms with Gasteiger partial charge >= 0.3 is 0 Å². The fourth-order valence-corrected chi connectivity index (χ4v) is 1.25. The van der Waals surface area contributed by atoms with Crippen LogP contribution in [0.4, 0.5) is 0 Å². The van der Waals surface area contributed by atoms with Crippen molar-refractivity contribution < 1.29 is 14.0 Å². The summed E-state index contributed by atoms with van der Waals surface area (Å²) in [6, 6.07) is -0.399. The van der Waals surface area contributed by atoms with E-state index in [1.54, 1.807) is 14.2 Å². The maximum Gasteiger partial charge on any atom is 0.246 e. The molecule has 0 aliphatic rings. The highest BCUT2D eigenvalue weighted by molar-refractivity contribution is 5.01. The molecule has 0 aliphatic heterocycles. The number of hydrogen-bond donors (Lipinski definition) is 1. The van der Waals surface area contributed by atoms with Gasteiger partial charge in [-0.3, -0.25) is 0 Å². The largest absolute Gasteiger partial charge is 0.383 e. The van der Waals surface area contributed by atoms with Gasteiger partial charge in [0.2, 0.25) is 11.7 Å². The third-order valence-corrected chi connectivity index (χ3v) is 2.70. The second-order valence-corrected chi connectivity index (χ2v) is 3.81. The van der Waals surface area contributed by atoms with Crippen molar-refractivity contribution in [3.8, 4) is 0 Å². The Morgan fingerprint density at radius 3 is 2.69 bits per heavy atom. The first-order valence-corrected chi connectivity index (χ1v) is 5.21. The van der Waals surface area contributed by atoms with Crippen molar-refractivity contribution >= 4 is 0 Å². The van der Waals surface area contributed by atoms with Crippen molar-refractivity contribution in [2.24, 2.45) is 5.73 Å². The Balaban J connectivity index is 2.85. The lowest BCUT2D eigenvalue weighted by atomic mass is 10.0. The summed E-state index contributed by atoms with van der Waals surface area (Å²) < 4.78 is 15.4. The van der Waals surface area contributed by atoms with E-state index in [1.807, 2.05) is 13.8 Å². The highest BCUT2D eigenvalue weighted by Gasteiger charge is 2.30. The topological polar surface area (TPSA) is 83.4 Å². The Kier molecular flexibility index (Phi) is 4.40. The second kappa shape index (κ2) is 5.38. The van der Waals surface area contributed by atoms with Crippen molar-refractivity contribution in [3.63, 3.8) is 0 Å². The lowest BCUT2D eigenvalue weighted by molar-refractivity contribution is -0.0106. The molecule has 0 amide bonds. The van der Waals surface area contributed by atoms with Crippen LogP contribution in [0, 0.1) is 0 Å². The van der Waals surface area contributed by atoms with E-state index in [9.17, 15) is 0 Å². The van der Waals surface area contributed by atoms with Crippen LogP contribution in [0.25, 0.3) is 0 Å². The summed E-state index contributed by atoms with van der Waals surface area (Å²) in [5.41, 5.74) is 5.25. The molecule has 0 aromatic carbocycles. The number of nitrogens with zero attached hydrogens (tertiary/aromatic N) is 2. The molecule has 1 rings (SSSR count). The van der Waals surface area contributed by atoms with Gasteiger partial charge in [0.25, 0.3) is 0 Å². The van der Waals surface area contributed by atoms with E-state index in [2.05, 4.69) is 10.1 Å². The van der Waals surface area contributed by atoms with Crippen LogP contribution in [-0.2, 0) is 15.1 Å². The van der Waals surface area contributed by atoms with Gasteiger partial charge in [0.1, 0.15) is 11.6 Å². The lowest BCUT2D eigenvalue weighted by Gasteiger charge is -2.21. The highest BCUT2D eigenvalue weighted by atomic mass is 16.5. The van der Waals surface area contributed by atoms with Gasteiger partial charge in [-0.2, -0.15) is 4.98 Å². The Bertz CT molecular complexity index is 323. The molecule has 92 valence electrons. The van der Waals surface area contributed by atoms with Crippen molar-refractivity contribution in [1.29, 1.82) is 0 Å². The quantitative estimate of drug-likeness (QED) is 0.783. The lowest BCUT2D eigenvalue weighted by Crippen LogP contribution is -2.25. The average Bonchev–Trinajstić information content (AvgIpc) is 2.78. The minimum Gasteiger partial charge on any atom is -0.383 e. The molecule has 0 bridgehead atoms. The van der Waals surface area contributed by atoms with E-state index >= 15 is 0 Å². The number of hydrogen-bond acceptors (Lipinski definition) is 6. The van der Waals surface area contributed by atoms with Gasteiger partial charge in [0, 0.05) is 14.2 Å². The van der Waals surface area contributed by atoms with E-state index in [0.29, 0.717) is 18.3 Å². The van der Waals surface area contributed by atoms with Crippen LogP contribution < -0.4 is 5.73 Å². The SMILES string of the molecule is CCC(C)(OC)c1noc(C(N)COC)n1. The molecule has 2 unspecified atom stereocenters. The Morgan fingerprint density at radius 2 is 2.19 bits per heavy atom. The number of rotatable bonds is 6. The zero-order valence-corrected chi connectivity index (χ0v) is 10.2. The summed E-state index contributed by atoms with van der Waals surface area (Å²) in [5, 5.41) is 3.89. The molecule has 0 fully saturated rings. The average molecular weight is 229 g/mol. The monoisotopic (exact) mass is 229 g/mol. The molecule has 0 saturated carbocycles. The molecule has 6 nitrogen and oxygen atoms in total. The molecule has 0 saturated heterocycles. The zero-order chi connectivity index (χ0) is 12.2. The van der Waals surface area contributed by atoms with Crippen LogP contribution in [0.1, 0.15) is 38.0 Å². The first kappa shape index (κ1) is 13.1. The minimum absolute atomic E-state index is 0.345. The van der Waals surface area contributed by atoms with Crippen molar-refractivity contribution in [1.82, 2.24) is 10.1 Å². The third-order valence-electron chi connectivity index (χ3n) is 2.70. The van der Waals surface area contributed by atoms with Gasteiger partial charge in [0.15, 0.2) is 0 Å². The van der Waals surface area contributed by atoms with Crippen LogP contribution >= 0.6 is 0 Å². The van der Waals surface area contributed by atoms with Crippen molar-refractivity contribution in [2.75, 3.05) is 20.8 Å². The standard InChI is InChI=1S/C10H19N3O3/c1-5-10(2,15-4)9-12-8(16-13-9)7(11)6-14-3/h7H,5-6,11H2,1-4H3. The van der Waals surface area contributed by atoms with Gasteiger partial charge in [-0.15, -0.1) is 0 Å². The molecular weight excluding hydrogens is 210 g/mol. The molecule has 0 spiro atoms. The van der Waals surface area contributed by atoms with Gasteiger partial charge in [0.05, 0.1) is 6.61 Å². The van der Waals surface area contributed by atoms with E-state index in [-0.39, 0.29) is 0 Å². The maximum absolute atomic E-state index is 5.78. The molecule has 2 N–H and O–H groups in total. The van der Waals surface area contributed by atoms with Crippen molar-refractivity contribution in [3.05, 3.63) is 11.7 Å². The van der Waals surface area contributed by atoms with Crippen LogP contribution in [0.15, 0.2) is 4.52 Å². The Morgan fingerprint density at radius 1 is 1.50 bits per heavy atom. The fourth-order valence-electron chi connectivity index (χ4n) is 1.25. The van der Waals surface area contributed by atoms with Gasteiger partial charge in [-0.05, 0) is 13.3 Å². The Hall–Kier alpha value is -0.980. The van der Waals surface area contributed by atoms with E-state index in [0.717, 1.165) is 6.42 Å². The fraction of sp³-hybridized carbons (Fsp3) is 0.800. The first-order chi connectivity index (χ1) is 7.57. The normalized spacial score (nSPS) is 17.1. The summed E-state index contributed by atoms with van der Waals surface area (Å²) in [7, 11) is 3.19. The van der Waals surface area contributed by atoms with Crippen LogP contribution in [-0.4, -0.2) is 31.0 Å². The van der Waals surface area contributed by atoms with Crippen LogP contribution in [0.5, 0.6) is 0 Å². The molecule has 2 atom stereocenters. The van der Waals surface area contributed by atoms with Gasteiger partial charge in [-0.25, -0.2) is 0 Å². The summed E-state index contributed by atoms with van der Waals surface area (Å²) in [4.78, 5) is 4.23. The Labute approximate surface area is 95.1 Å². The summed E-state index contributed by atoms with van der Waals surface area (Å²) in [6.45, 7) is 4.25. The molecule has 0 radical (unpaired) electrons. The zero-order valence-electron chi connectivity index (χ0n) is 10.2. The van der Waals surface area contributed by atoms with E-state index in [4.69, 9.17) is 19.7 Å². The highest BCUT2D eigenvalue weighted by Crippen LogP contribution is 2.26. The maximum atomic E-state index is 5.78. The summed E-state index contributed by atoms with van der Waals surface area (Å²) in [5.74, 6) is 0.882. The van der Waals surface area contributed by atoms with E-state index in [1.165, 1.54) is 0 Å². The molecular formula is C10H19N3O3. The number of aromatic nitrogens is 2. The van der Waals surface area contributed by atoms with Gasteiger partial charge < -0.3 is 19.7 Å². The molecule has 16 heavy (non-hydrogen) atoms. The minimum atomic E-state index is -0.533.